The fourth-order valence-corrected chi connectivity index (χ4v) is 12.7. The summed E-state index contributed by atoms with van der Waals surface area (Å²) in [5.41, 5.74) is 16.4. The molecule has 0 fully saturated rings. The lowest BCUT2D eigenvalue weighted by Gasteiger charge is -2.31. The highest BCUT2D eigenvalue weighted by molar-refractivity contribution is 7.26. The van der Waals surface area contributed by atoms with Crippen LogP contribution in [0.5, 0.6) is 0 Å². The van der Waals surface area contributed by atoms with Gasteiger partial charge in [0.15, 0.2) is 0 Å². The fraction of sp³-hybridized carbons (Fsp3) is 0. The van der Waals surface area contributed by atoms with Crippen LogP contribution in [-0.4, -0.2) is 14.5 Å². The number of hydrogen-bond acceptors (Lipinski definition) is 7. The maximum Gasteiger partial charge on any atom is 0.227 e. The first-order chi connectivity index (χ1) is 38.7. The monoisotopic (exact) mass is 1020 g/mol. The lowest BCUT2D eigenvalue weighted by Crippen LogP contribution is -2.14. The molecule has 0 unspecified atom stereocenters. The van der Waals surface area contributed by atoms with E-state index in [-0.39, 0.29) is 0 Å². The average molecular weight is 1020 g/mol. The van der Waals surface area contributed by atoms with Crippen molar-refractivity contribution in [3.63, 3.8) is 0 Å². The lowest BCUT2D eigenvalue weighted by molar-refractivity contribution is 0.654. The zero-order valence-electron chi connectivity index (χ0n) is 42.1. The third-order valence-electron chi connectivity index (χ3n) is 14.8. The van der Waals surface area contributed by atoms with Crippen molar-refractivity contribution in [1.29, 1.82) is 0 Å². The molecule has 0 aliphatic carbocycles. The molecule has 0 saturated carbocycles. The maximum atomic E-state index is 6.16. The molecular weight excluding hydrogens is 973 g/mol. The molecule has 5 heterocycles. The van der Waals surface area contributed by atoms with Crippen LogP contribution in [0, 0.1) is 0 Å². The first kappa shape index (κ1) is 45.1. The molecule has 5 aromatic heterocycles. The normalized spacial score (nSPS) is 11.6. The summed E-state index contributed by atoms with van der Waals surface area (Å²) in [6.07, 6.45) is 5.56. The van der Waals surface area contributed by atoms with Crippen LogP contribution in [-0.2, 0) is 0 Å². The molecule has 10 aromatic carbocycles. The summed E-state index contributed by atoms with van der Waals surface area (Å²) in [6, 6.07) is 93.5. The highest BCUT2D eigenvalue weighted by Gasteiger charge is 2.26. The van der Waals surface area contributed by atoms with E-state index < -0.39 is 0 Å². The number of furan rings is 1. The van der Waals surface area contributed by atoms with E-state index in [1.807, 2.05) is 60.3 Å². The van der Waals surface area contributed by atoms with Gasteiger partial charge in [-0.05, 0) is 126 Å². The summed E-state index contributed by atoms with van der Waals surface area (Å²) in [4.78, 5) is 16.3. The Hall–Kier alpha value is -10.3. The van der Waals surface area contributed by atoms with Gasteiger partial charge >= 0.3 is 0 Å². The molecule has 0 bridgehead atoms. The number of anilines is 9. The minimum absolute atomic E-state index is 0.614. The number of pyridine rings is 2. The van der Waals surface area contributed by atoms with Gasteiger partial charge in [0.05, 0.1) is 39.7 Å². The summed E-state index contributed by atoms with van der Waals surface area (Å²) in [7, 11) is 0. The smallest absolute Gasteiger partial charge is 0.227 e. The van der Waals surface area contributed by atoms with Gasteiger partial charge in [0.25, 0.3) is 0 Å². The van der Waals surface area contributed by atoms with E-state index >= 15 is 0 Å². The second kappa shape index (κ2) is 18.8. The highest BCUT2D eigenvalue weighted by atomic mass is 32.1. The van der Waals surface area contributed by atoms with E-state index in [1.165, 1.54) is 30.9 Å². The van der Waals surface area contributed by atoms with Crippen molar-refractivity contribution in [2.24, 2.45) is 0 Å². The van der Waals surface area contributed by atoms with Crippen LogP contribution in [0.4, 0.5) is 51.2 Å². The molecule has 15 aromatic rings. The molecule has 7 nitrogen and oxygen atoms in total. The van der Waals surface area contributed by atoms with Gasteiger partial charge in [0, 0.05) is 88.5 Å². The Morgan fingerprint density at radius 1 is 0.372 bits per heavy atom. The molecule has 0 radical (unpaired) electrons. The Labute approximate surface area is 454 Å². The van der Waals surface area contributed by atoms with E-state index in [0.717, 1.165) is 95.4 Å². The molecule has 0 spiro atoms. The Bertz CT molecular complexity index is 4650. The number of para-hydroxylation sites is 7. The van der Waals surface area contributed by atoms with Crippen molar-refractivity contribution in [3.05, 3.63) is 279 Å². The van der Waals surface area contributed by atoms with Gasteiger partial charge in [-0.3, -0.25) is 4.98 Å². The largest absolute Gasteiger partial charge is 0.438 e. The zero-order chi connectivity index (χ0) is 51.5. The molecule has 0 atom stereocenters. The van der Waals surface area contributed by atoms with Crippen LogP contribution in [0.2, 0.25) is 0 Å². The van der Waals surface area contributed by atoms with Crippen molar-refractivity contribution >= 4 is 127 Å². The first-order valence-electron chi connectivity index (χ1n) is 26.1. The third kappa shape index (κ3) is 7.65. The molecule has 0 amide bonds. The molecule has 78 heavy (non-hydrogen) atoms. The maximum absolute atomic E-state index is 6.16. The van der Waals surface area contributed by atoms with Crippen LogP contribution < -0.4 is 14.7 Å². The third-order valence-corrected chi connectivity index (χ3v) is 15.9. The van der Waals surface area contributed by atoms with Crippen molar-refractivity contribution < 1.29 is 4.42 Å². The quantitative estimate of drug-likeness (QED) is 0.129. The fourth-order valence-electron chi connectivity index (χ4n) is 11.5. The number of hydrogen-bond donors (Lipinski definition) is 0. The summed E-state index contributed by atoms with van der Waals surface area (Å²) in [5, 5.41) is 6.78. The number of nitrogens with zero attached hydrogens (tertiary/aromatic N) is 6. The molecule has 0 aliphatic rings. The van der Waals surface area contributed by atoms with Crippen LogP contribution >= 0.6 is 11.3 Å². The molecule has 8 heteroatoms. The van der Waals surface area contributed by atoms with Crippen LogP contribution in [0.1, 0.15) is 0 Å². The molecule has 368 valence electrons. The predicted octanol–water partition coefficient (Wildman–Crippen LogP) is 19.9. The number of thiophene rings is 1. The molecule has 0 aliphatic heterocycles. The first-order valence-corrected chi connectivity index (χ1v) is 26.9. The number of fused-ring (bicyclic) bond motifs is 9. The van der Waals surface area contributed by atoms with E-state index in [9.17, 15) is 0 Å². The van der Waals surface area contributed by atoms with E-state index in [4.69, 9.17) is 9.40 Å². The molecule has 0 N–H and O–H groups in total. The van der Waals surface area contributed by atoms with Gasteiger partial charge in [0.2, 0.25) is 5.71 Å². The number of aromatic nitrogens is 3. The Balaban J connectivity index is 0.943. The van der Waals surface area contributed by atoms with Crippen molar-refractivity contribution in [2.45, 2.75) is 0 Å². The summed E-state index contributed by atoms with van der Waals surface area (Å²) in [5.74, 6) is 0. The van der Waals surface area contributed by atoms with Crippen molar-refractivity contribution in [2.75, 3.05) is 14.7 Å². The molecule has 15 rings (SSSR count). The van der Waals surface area contributed by atoms with Gasteiger partial charge < -0.3 is 23.7 Å². The van der Waals surface area contributed by atoms with E-state index in [1.54, 1.807) is 0 Å². The van der Waals surface area contributed by atoms with Crippen molar-refractivity contribution in [3.8, 4) is 16.8 Å². The van der Waals surface area contributed by atoms with Crippen LogP contribution in [0.15, 0.2) is 284 Å². The Kier molecular flexibility index (Phi) is 10.9. The molecular formula is C70H46N6OS. The summed E-state index contributed by atoms with van der Waals surface area (Å²) >= 11 is 1.84. The van der Waals surface area contributed by atoms with E-state index in [2.05, 4.69) is 255 Å². The van der Waals surface area contributed by atoms with Gasteiger partial charge in [-0.1, -0.05) is 146 Å². The minimum Gasteiger partial charge on any atom is -0.438 e. The topological polar surface area (TPSA) is 53.6 Å². The van der Waals surface area contributed by atoms with Gasteiger partial charge in [-0.25, -0.2) is 4.98 Å². The lowest BCUT2D eigenvalue weighted by atomic mass is 10.0. The van der Waals surface area contributed by atoms with Gasteiger partial charge in [-0.15, -0.1) is 11.3 Å². The Morgan fingerprint density at radius 3 is 1.72 bits per heavy atom. The number of benzene rings is 10. The van der Waals surface area contributed by atoms with Crippen LogP contribution in [0.3, 0.4) is 0 Å². The predicted molar refractivity (Wildman–Crippen MR) is 326 cm³/mol. The van der Waals surface area contributed by atoms with E-state index in [0.29, 0.717) is 5.71 Å². The van der Waals surface area contributed by atoms with Gasteiger partial charge in [-0.2, -0.15) is 0 Å². The zero-order valence-corrected chi connectivity index (χ0v) is 42.9. The summed E-state index contributed by atoms with van der Waals surface area (Å²) < 4.78 is 11.0. The minimum atomic E-state index is 0.614. The second-order valence-electron chi connectivity index (χ2n) is 19.4. The average Bonchev–Trinajstić information content (AvgIpc) is 4.39. The second-order valence-corrected chi connectivity index (χ2v) is 20.5. The van der Waals surface area contributed by atoms with Crippen molar-refractivity contribution in [1.82, 2.24) is 14.5 Å². The van der Waals surface area contributed by atoms with Crippen LogP contribution in [0.25, 0.3) is 80.9 Å². The number of rotatable bonds is 11. The standard InChI is InChI=1S/C70H46N6OS/c1-5-20-49(21-6-1)74(50-22-7-2-8-23-50)64-44-55(75(51-24-9-3-10-25-51)63-33-18-31-59-57-29-13-15-32-62(57)76(69(59)63)52-26-11-4-12-27-52)45-67-68(64)60-36-35-48(42-66(60)78-67)47-19-17-28-54(41-47)73(53-37-39-71-40-38-53)56-43-61-58-30-14-16-34-65(58)77-70(61)72-46-56/h1-46H. The Morgan fingerprint density at radius 2 is 0.974 bits per heavy atom. The SMILES string of the molecule is c1ccc(N(c2ccccc2)c2cc(N(c3ccccc3)c3cccc4c5ccccc5n(-c5ccccc5)c34)cc3sc4cc(-c5cccc(N(c6ccncc6)c6cnc7oc8ccccc8c7c6)c5)ccc4c23)cc1. The molecule has 0 saturated heterocycles. The highest BCUT2D eigenvalue weighted by Crippen LogP contribution is 2.51. The summed E-state index contributed by atoms with van der Waals surface area (Å²) in [6.45, 7) is 0. The van der Waals surface area contributed by atoms with Gasteiger partial charge in [0.1, 0.15) is 5.58 Å².